The molecule has 0 aliphatic carbocycles. The number of benzene rings is 2. The molecular formula is C17H16ClNO. The molecule has 3 heteroatoms. The van der Waals surface area contributed by atoms with Crippen molar-refractivity contribution in [2.75, 3.05) is 13.7 Å². The van der Waals surface area contributed by atoms with Crippen LogP contribution >= 0.6 is 11.6 Å². The van der Waals surface area contributed by atoms with E-state index in [1.807, 2.05) is 30.3 Å². The number of rotatable bonds is 3. The molecule has 2 aromatic rings. The fraction of sp³-hybridized carbons (Fsp3) is 0.235. The van der Waals surface area contributed by atoms with Gasteiger partial charge in [-0.1, -0.05) is 35.9 Å². The Morgan fingerprint density at radius 1 is 1.10 bits per heavy atom. The highest BCUT2D eigenvalue weighted by molar-refractivity contribution is 6.30. The van der Waals surface area contributed by atoms with Crippen LogP contribution in [0.2, 0.25) is 5.02 Å². The molecule has 0 radical (unpaired) electrons. The van der Waals surface area contributed by atoms with Gasteiger partial charge in [-0.2, -0.15) is 0 Å². The van der Waals surface area contributed by atoms with E-state index >= 15 is 0 Å². The van der Waals surface area contributed by atoms with Crippen molar-refractivity contribution in [3.63, 3.8) is 0 Å². The van der Waals surface area contributed by atoms with Crippen LogP contribution in [0.25, 0.3) is 0 Å². The van der Waals surface area contributed by atoms with E-state index in [1.54, 1.807) is 7.11 Å². The molecule has 2 aromatic carbocycles. The summed E-state index contributed by atoms with van der Waals surface area (Å²) in [7, 11) is 1.70. The normalized spacial score (nSPS) is 17.9. The lowest BCUT2D eigenvalue weighted by atomic mass is 9.89. The van der Waals surface area contributed by atoms with Crippen molar-refractivity contribution < 1.29 is 4.74 Å². The molecule has 0 bridgehead atoms. The minimum Gasteiger partial charge on any atom is -0.496 e. The minimum absolute atomic E-state index is 0.323. The van der Waals surface area contributed by atoms with Crippen molar-refractivity contribution in [3.05, 3.63) is 64.7 Å². The Balaban J connectivity index is 1.98. The highest BCUT2D eigenvalue weighted by atomic mass is 35.5. The minimum atomic E-state index is 0.323. The summed E-state index contributed by atoms with van der Waals surface area (Å²) in [5, 5.41) is 0.766. The van der Waals surface area contributed by atoms with Gasteiger partial charge < -0.3 is 4.74 Å². The fourth-order valence-corrected chi connectivity index (χ4v) is 2.84. The monoisotopic (exact) mass is 285 g/mol. The van der Waals surface area contributed by atoms with Crippen LogP contribution in [-0.2, 0) is 0 Å². The predicted octanol–water partition coefficient (Wildman–Crippen LogP) is 4.33. The molecule has 1 heterocycles. The second kappa shape index (κ2) is 5.68. The fourth-order valence-electron chi connectivity index (χ4n) is 2.71. The highest BCUT2D eigenvalue weighted by Crippen LogP contribution is 2.33. The van der Waals surface area contributed by atoms with Gasteiger partial charge in [0.05, 0.1) is 12.8 Å². The van der Waals surface area contributed by atoms with Gasteiger partial charge in [0.2, 0.25) is 0 Å². The first kappa shape index (κ1) is 13.2. The summed E-state index contributed by atoms with van der Waals surface area (Å²) in [5.74, 6) is 1.20. The molecule has 0 saturated heterocycles. The third kappa shape index (κ3) is 2.44. The van der Waals surface area contributed by atoms with E-state index in [-0.39, 0.29) is 0 Å². The first-order chi connectivity index (χ1) is 9.79. The summed E-state index contributed by atoms with van der Waals surface area (Å²) < 4.78 is 5.46. The number of hydrogen-bond acceptors (Lipinski definition) is 2. The van der Waals surface area contributed by atoms with E-state index in [9.17, 15) is 0 Å². The number of para-hydroxylation sites is 1. The van der Waals surface area contributed by atoms with E-state index in [4.69, 9.17) is 21.3 Å². The third-order valence-electron chi connectivity index (χ3n) is 3.69. The van der Waals surface area contributed by atoms with Gasteiger partial charge in [-0.25, -0.2) is 0 Å². The topological polar surface area (TPSA) is 21.6 Å². The maximum atomic E-state index is 5.97. The van der Waals surface area contributed by atoms with Crippen LogP contribution < -0.4 is 4.74 Å². The SMILES string of the molecule is COc1ccccc1C1=NCCC1c1ccc(Cl)cc1. The molecule has 1 unspecified atom stereocenters. The molecular weight excluding hydrogens is 270 g/mol. The van der Waals surface area contributed by atoms with Crippen LogP contribution in [0.15, 0.2) is 53.5 Å². The molecule has 1 aliphatic rings. The Bertz CT molecular complexity index is 634. The molecule has 3 rings (SSSR count). The van der Waals surface area contributed by atoms with Gasteiger partial charge in [-0.3, -0.25) is 4.99 Å². The van der Waals surface area contributed by atoms with Crippen LogP contribution in [-0.4, -0.2) is 19.4 Å². The van der Waals surface area contributed by atoms with Gasteiger partial charge in [0, 0.05) is 23.0 Å². The van der Waals surface area contributed by atoms with E-state index in [1.165, 1.54) is 5.56 Å². The highest BCUT2D eigenvalue weighted by Gasteiger charge is 2.25. The zero-order valence-electron chi connectivity index (χ0n) is 11.3. The van der Waals surface area contributed by atoms with Gasteiger partial charge in [0.15, 0.2) is 0 Å². The molecule has 0 spiro atoms. The van der Waals surface area contributed by atoms with Crippen molar-refractivity contribution in [2.24, 2.45) is 4.99 Å². The third-order valence-corrected chi connectivity index (χ3v) is 3.94. The van der Waals surface area contributed by atoms with Crippen LogP contribution in [0.4, 0.5) is 0 Å². The summed E-state index contributed by atoms with van der Waals surface area (Å²) in [6, 6.07) is 16.1. The van der Waals surface area contributed by atoms with Crippen LogP contribution in [0, 0.1) is 0 Å². The van der Waals surface area contributed by atoms with Gasteiger partial charge in [-0.15, -0.1) is 0 Å². The maximum absolute atomic E-state index is 5.97. The van der Waals surface area contributed by atoms with Gasteiger partial charge in [0.25, 0.3) is 0 Å². The molecule has 1 atom stereocenters. The van der Waals surface area contributed by atoms with E-state index < -0.39 is 0 Å². The standard InChI is InChI=1S/C17H16ClNO/c1-20-16-5-3-2-4-15(16)17-14(10-11-19-17)12-6-8-13(18)9-7-12/h2-9,14H,10-11H2,1H3. The molecule has 1 aliphatic heterocycles. The second-order valence-corrected chi connectivity index (χ2v) is 5.30. The zero-order valence-corrected chi connectivity index (χ0v) is 12.1. The first-order valence-corrected chi connectivity index (χ1v) is 7.10. The molecule has 2 nitrogen and oxygen atoms in total. The molecule has 0 aromatic heterocycles. The smallest absolute Gasteiger partial charge is 0.127 e. The van der Waals surface area contributed by atoms with E-state index in [0.29, 0.717) is 5.92 Å². The average Bonchev–Trinajstić information content (AvgIpc) is 2.97. The summed E-state index contributed by atoms with van der Waals surface area (Å²) in [4.78, 5) is 4.70. The lowest BCUT2D eigenvalue weighted by molar-refractivity contribution is 0.414. The number of ether oxygens (including phenoxy) is 1. The summed E-state index contributed by atoms with van der Waals surface area (Å²) in [6.45, 7) is 0.862. The van der Waals surface area contributed by atoms with Crippen molar-refractivity contribution in [3.8, 4) is 5.75 Å². The number of aliphatic imine (C=N–C) groups is 1. The van der Waals surface area contributed by atoms with Crippen LogP contribution in [0.5, 0.6) is 5.75 Å². The lowest BCUT2D eigenvalue weighted by Crippen LogP contribution is -2.11. The van der Waals surface area contributed by atoms with Gasteiger partial charge >= 0.3 is 0 Å². The molecule has 0 saturated carbocycles. The molecule has 102 valence electrons. The van der Waals surface area contributed by atoms with Crippen molar-refractivity contribution in [2.45, 2.75) is 12.3 Å². The van der Waals surface area contributed by atoms with E-state index in [0.717, 1.165) is 35.0 Å². The molecule has 0 fully saturated rings. The number of nitrogens with zero attached hydrogens (tertiary/aromatic N) is 1. The molecule has 0 N–H and O–H groups in total. The zero-order chi connectivity index (χ0) is 13.9. The predicted molar refractivity (Wildman–Crippen MR) is 83.2 cm³/mol. The van der Waals surface area contributed by atoms with Crippen LogP contribution in [0.3, 0.4) is 0 Å². The first-order valence-electron chi connectivity index (χ1n) is 6.73. The largest absolute Gasteiger partial charge is 0.496 e. The van der Waals surface area contributed by atoms with Crippen molar-refractivity contribution >= 4 is 17.3 Å². The Morgan fingerprint density at radius 3 is 2.60 bits per heavy atom. The number of hydrogen-bond donors (Lipinski definition) is 0. The Kier molecular flexibility index (Phi) is 3.75. The summed E-state index contributed by atoms with van der Waals surface area (Å²) in [6.07, 6.45) is 1.04. The Morgan fingerprint density at radius 2 is 1.85 bits per heavy atom. The maximum Gasteiger partial charge on any atom is 0.127 e. The quantitative estimate of drug-likeness (QED) is 0.823. The lowest BCUT2D eigenvalue weighted by Gasteiger charge is -2.16. The van der Waals surface area contributed by atoms with Crippen molar-refractivity contribution in [1.82, 2.24) is 0 Å². The second-order valence-electron chi connectivity index (χ2n) is 4.86. The summed E-state index contributed by atoms with van der Waals surface area (Å²) >= 11 is 5.97. The van der Waals surface area contributed by atoms with Gasteiger partial charge in [0.1, 0.15) is 5.75 Å². The Labute approximate surface area is 124 Å². The van der Waals surface area contributed by atoms with E-state index in [2.05, 4.69) is 18.2 Å². The van der Waals surface area contributed by atoms with Gasteiger partial charge in [-0.05, 0) is 36.2 Å². The Hall–Kier alpha value is -1.80. The summed E-state index contributed by atoms with van der Waals surface area (Å²) in [5.41, 5.74) is 3.47. The number of halogens is 1. The molecule has 0 amide bonds. The number of methoxy groups -OCH3 is 1. The average molecular weight is 286 g/mol. The molecule has 20 heavy (non-hydrogen) atoms. The van der Waals surface area contributed by atoms with Crippen LogP contribution in [0.1, 0.15) is 23.5 Å². The van der Waals surface area contributed by atoms with Crippen molar-refractivity contribution in [1.29, 1.82) is 0 Å².